The summed E-state index contributed by atoms with van der Waals surface area (Å²) in [6, 6.07) is 20.4. The van der Waals surface area contributed by atoms with E-state index >= 15 is 0 Å². The average molecular weight is 479 g/mol. The van der Waals surface area contributed by atoms with Crippen LogP contribution in [0.3, 0.4) is 0 Å². The van der Waals surface area contributed by atoms with Crippen LogP contribution in [0.5, 0.6) is 5.75 Å². The highest BCUT2D eigenvalue weighted by Crippen LogP contribution is 2.23. The normalized spacial score (nSPS) is 15.2. The van der Waals surface area contributed by atoms with E-state index < -0.39 is 6.10 Å². The zero-order valence-electron chi connectivity index (χ0n) is 19.7. The molecule has 0 aromatic heterocycles. The maximum absolute atomic E-state index is 12.6. The molecular formula is C28H31ClN2O3. The van der Waals surface area contributed by atoms with Crippen molar-refractivity contribution in [2.45, 2.75) is 20.0 Å². The van der Waals surface area contributed by atoms with Crippen LogP contribution >= 0.6 is 11.6 Å². The van der Waals surface area contributed by atoms with Crippen molar-refractivity contribution >= 4 is 23.1 Å². The molecule has 0 unspecified atom stereocenters. The summed E-state index contributed by atoms with van der Waals surface area (Å²) in [5, 5.41) is 11.1. The van der Waals surface area contributed by atoms with Crippen molar-refractivity contribution in [3.63, 3.8) is 0 Å². The van der Waals surface area contributed by atoms with E-state index in [9.17, 15) is 9.90 Å². The van der Waals surface area contributed by atoms with Gasteiger partial charge in [-0.2, -0.15) is 0 Å². The number of aliphatic hydroxyl groups is 1. The molecule has 1 N–H and O–H groups in total. The van der Waals surface area contributed by atoms with Gasteiger partial charge in [0.25, 0.3) is 0 Å². The Balaban J connectivity index is 1.22. The van der Waals surface area contributed by atoms with Crippen molar-refractivity contribution in [2.24, 2.45) is 0 Å². The van der Waals surface area contributed by atoms with Crippen molar-refractivity contribution in [1.29, 1.82) is 0 Å². The number of hydrogen-bond acceptors (Lipinski definition) is 5. The number of β-amino-alcohol motifs (C(OH)–C–C–N with tert-alkyl or cyclic N) is 1. The molecule has 34 heavy (non-hydrogen) atoms. The Hall–Kier alpha value is -2.86. The third kappa shape index (κ3) is 6.17. The molecule has 5 nitrogen and oxygen atoms in total. The largest absolute Gasteiger partial charge is 0.491 e. The van der Waals surface area contributed by atoms with Crippen LogP contribution in [0.15, 0.2) is 66.7 Å². The number of benzene rings is 3. The first kappa shape index (κ1) is 24.3. The summed E-state index contributed by atoms with van der Waals surface area (Å²) in [6.07, 6.45) is -0.581. The molecule has 1 heterocycles. The van der Waals surface area contributed by atoms with E-state index in [0.717, 1.165) is 26.2 Å². The lowest BCUT2D eigenvalue weighted by molar-refractivity contribution is 0.0663. The number of carbonyl (C=O) groups excluding carboxylic acids is 1. The van der Waals surface area contributed by atoms with Gasteiger partial charge in [-0.1, -0.05) is 29.3 Å². The van der Waals surface area contributed by atoms with Crippen molar-refractivity contribution in [2.75, 3.05) is 44.2 Å². The summed E-state index contributed by atoms with van der Waals surface area (Å²) in [4.78, 5) is 17.3. The molecule has 1 atom stereocenters. The van der Waals surface area contributed by atoms with Crippen LogP contribution in [0.4, 0.5) is 5.69 Å². The summed E-state index contributed by atoms with van der Waals surface area (Å²) in [7, 11) is 0. The molecule has 3 aromatic rings. The van der Waals surface area contributed by atoms with Gasteiger partial charge >= 0.3 is 0 Å². The second kappa shape index (κ2) is 11.0. The average Bonchev–Trinajstić information content (AvgIpc) is 2.84. The zero-order valence-corrected chi connectivity index (χ0v) is 20.5. The molecule has 3 aromatic carbocycles. The van der Waals surface area contributed by atoms with Crippen molar-refractivity contribution < 1.29 is 14.6 Å². The fourth-order valence-corrected chi connectivity index (χ4v) is 4.47. The molecule has 178 valence electrons. The van der Waals surface area contributed by atoms with Crippen LogP contribution in [0.2, 0.25) is 5.02 Å². The van der Waals surface area contributed by atoms with E-state index in [1.807, 2.05) is 0 Å². The number of piperazine rings is 1. The summed E-state index contributed by atoms with van der Waals surface area (Å²) >= 11 is 5.89. The molecule has 1 saturated heterocycles. The number of ketones is 1. The highest BCUT2D eigenvalue weighted by atomic mass is 35.5. The number of ether oxygens (including phenoxy) is 1. The number of halogens is 1. The van der Waals surface area contributed by atoms with Gasteiger partial charge in [-0.15, -0.1) is 0 Å². The Morgan fingerprint density at radius 3 is 2.18 bits per heavy atom. The Bertz CT molecular complexity index is 1110. The fraction of sp³-hybridized carbons (Fsp3) is 0.321. The van der Waals surface area contributed by atoms with Gasteiger partial charge in [-0.3, -0.25) is 9.69 Å². The molecule has 0 radical (unpaired) electrons. The molecule has 1 aliphatic heterocycles. The maximum Gasteiger partial charge on any atom is 0.193 e. The molecule has 0 spiro atoms. The van der Waals surface area contributed by atoms with Gasteiger partial charge in [0.2, 0.25) is 0 Å². The van der Waals surface area contributed by atoms with Crippen LogP contribution in [0.25, 0.3) is 0 Å². The predicted molar refractivity (Wildman–Crippen MR) is 137 cm³/mol. The highest BCUT2D eigenvalue weighted by Gasteiger charge is 2.20. The molecule has 0 aliphatic carbocycles. The number of aryl methyl sites for hydroxylation is 2. The van der Waals surface area contributed by atoms with Gasteiger partial charge in [-0.05, 0) is 74.0 Å². The minimum Gasteiger partial charge on any atom is -0.491 e. The molecule has 0 saturated carbocycles. The van der Waals surface area contributed by atoms with Crippen LogP contribution in [-0.2, 0) is 0 Å². The molecule has 1 fully saturated rings. The number of hydrogen-bond donors (Lipinski definition) is 1. The topological polar surface area (TPSA) is 53.0 Å². The first-order valence-corrected chi connectivity index (χ1v) is 12.0. The van der Waals surface area contributed by atoms with E-state index in [-0.39, 0.29) is 12.4 Å². The first-order chi connectivity index (χ1) is 16.4. The Morgan fingerprint density at radius 2 is 1.56 bits per heavy atom. The van der Waals surface area contributed by atoms with Crippen molar-refractivity contribution in [3.05, 3.63) is 94.0 Å². The highest BCUT2D eigenvalue weighted by molar-refractivity contribution is 6.30. The standard InChI is InChI=1S/C28H31ClN2O3/c1-20-3-12-27(21(2)17-20)31-15-13-30(14-16-31)18-25(32)19-34-26-10-6-23(7-11-26)28(33)22-4-8-24(29)9-5-22/h3-12,17,25,32H,13-16,18-19H2,1-2H3/t25-/m1/s1. The van der Waals surface area contributed by atoms with Crippen molar-refractivity contribution in [1.82, 2.24) is 4.90 Å². The van der Waals surface area contributed by atoms with Gasteiger partial charge in [0, 0.05) is 54.6 Å². The monoisotopic (exact) mass is 478 g/mol. The fourth-order valence-electron chi connectivity index (χ4n) is 4.35. The molecular weight excluding hydrogens is 448 g/mol. The lowest BCUT2D eigenvalue weighted by Crippen LogP contribution is -2.49. The van der Waals surface area contributed by atoms with E-state index in [1.54, 1.807) is 48.5 Å². The number of anilines is 1. The van der Waals surface area contributed by atoms with Gasteiger partial charge in [0.1, 0.15) is 18.5 Å². The quantitative estimate of drug-likeness (QED) is 0.473. The minimum absolute atomic E-state index is 0.0665. The van der Waals surface area contributed by atoms with Gasteiger partial charge in [-0.25, -0.2) is 0 Å². The molecule has 0 bridgehead atoms. The molecule has 1 aliphatic rings. The molecule has 4 rings (SSSR count). The third-order valence-corrected chi connectivity index (χ3v) is 6.45. The van der Waals surface area contributed by atoms with Crippen LogP contribution < -0.4 is 9.64 Å². The van der Waals surface area contributed by atoms with Crippen LogP contribution in [0, 0.1) is 13.8 Å². The lowest BCUT2D eigenvalue weighted by atomic mass is 10.0. The number of aliphatic hydroxyl groups excluding tert-OH is 1. The second-order valence-electron chi connectivity index (χ2n) is 8.90. The lowest BCUT2D eigenvalue weighted by Gasteiger charge is -2.37. The van der Waals surface area contributed by atoms with E-state index in [4.69, 9.17) is 16.3 Å². The summed E-state index contributed by atoms with van der Waals surface area (Å²) in [5.41, 5.74) is 5.06. The van der Waals surface area contributed by atoms with Crippen molar-refractivity contribution in [3.8, 4) is 5.75 Å². The number of carbonyl (C=O) groups is 1. The summed E-state index contributed by atoms with van der Waals surface area (Å²) in [6.45, 7) is 8.78. The molecule has 0 amide bonds. The van der Waals surface area contributed by atoms with Gasteiger partial charge < -0.3 is 14.7 Å². The second-order valence-corrected chi connectivity index (χ2v) is 9.34. The van der Waals surface area contributed by atoms with E-state index in [1.165, 1.54) is 16.8 Å². The Kier molecular flexibility index (Phi) is 7.88. The third-order valence-electron chi connectivity index (χ3n) is 6.20. The smallest absolute Gasteiger partial charge is 0.193 e. The van der Waals surface area contributed by atoms with Gasteiger partial charge in [0.15, 0.2) is 5.78 Å². The maximum atomic E-state index is 12.6. The Morgan fingerprint density at radius 1 is 0.941 bits per heavy atom. The van der Waals surface area contributed by atoms with E-state index in [0.29, 0.717) is 28.4 Å². The Labute approximate surface area is 206 Å². The van der Waals surface area contributed by atoms with Crippen LogP contribution in [-0.4, -0.2) is 61.2 Å². The van der Waals surface area contributed by atoms with Gasteiger partial charge in [0.05, 0.1) is 0 Å². The SMILES string of the molecule is Cc1ccc(N2CCN(C[C@@H](O)COc3ccc(C(=O)c4ccc(Cl)cc4)cc3)CC2)c(C)c1. The summed E-state index contributed by atoms with van der Waals surface area (Å²) in [5.74, 6) is 0.564. The zero-order chi connectivity index (χ0) is 24.1. The predicted octanol–water partition coefficient (Wildman–Crippen LogP) is 4.75. The molecule has 6 heteroatoms. The van der Waals surface area contributed by atoms with Crippen LogP contribution in [0.1, 0.15) is 27.0 Å². The minimum atomic E-state index is -0.581. The van der Waals surface area contributed by atoms with E-state index in [2.05, 4.69) is 41.8 Å². The summed E-state index contributed by atoms with van der Waals surface area (Å²) < 4.78 is 5.77. The number of rotatable bonds is 8. The first-order valence-electron chi connectivity index (χ1n) is 11.6. The number of nitrogens with zero attached hydrogens (tertiary/aromatic N) is 2.